The maximum atomic E-state index is 12.6. The monoisotopic (exact) mass is 504 g/mol. The zero-order valence-electron chi connectivity index (χ0n) is 16.9. The van der Waals surface area contributed by atoms with Crippen molar-refractivity contribution >= 4 is 41.8 Å². The van der Waals surface area contributed by atoms with Gasteiger partial charge in [0.25, 0.3) is 0 Å². The summed E-state index contributed by atoms with van der Waals surface area (Å²) in [5.74, 6) is 1.01. The Morgan fingerprint density at radius 2 is 1.71 bits per heavy atom. The van der Waals surface area contributed by atoms with Crippen molar-refractivity contribution in [3.8, 4) is 0 Å². The highest BCUT2D eigenvalue weighted by Gasteiger charge is 2.58. The third-order valence-corrected chi connectivity index (χ3v) is 5.81. The number of likely N-dealkylation sites (tertiary alicyclic amines) is 1. The van der Waals surface area contributed by atoms with Gasteiger partial charge in [0.15, 0.2) is 5.96 Å². The van der Waals surface area contributed by atoms with Crippen LogP contribution in [0.25, 0.3) is 0 Å². The summed E-state index contributed by atoms with van der Waals surface area (Å²) in [5.41, 5.74) is 0. The highest BCUT2D eigenvalue weighted by atomic mass is 127. The van der Waals surface area contributed by atoms with Crippen molar-refractivity contribution in [2.45, 2.75) is 32.6 Å². The number of guanidine groups is 1. The van der Waals surface area contributed by atoms with Crippen LogP contribution in [0, 0.1) is 23.7 Å². The lowest BCUT2D eigenvalue weighted by molar-refractivity contribution is -0.140. The molecule has 3 aliphatic rings. The lowest BCUT2D eigenvalue weighted by Gasteiger charge is -2.18. The van der Waals surface area contributed by atoms with Crippen molar-refractivity contribution in [2.75, 3.05) is 39.9 Å². The van der Waals surface area contributed by atoms with E-state index in [2.05, 4.69) is 34.7 Å². The van der Waals surface area contributed by atoms with Gasteiger partial charge in [-0.2, -0.15) is 0 Å². The SMILES string of the molecule is CCCCOCCCNC(=NC)NCCN1C(=O)C2C3C=CC(C3)C2C1=O.I. The van der Waals surface area contributed by atoms with Gasteiger partial charge in [-0.05, 0) is 31.1 Å². The molecule has 7 nitrogen and oxygen atoms in total. The number of rotatable bonds is 10. The Kier molecular flexibility index (Phi) is 9.20. The van der Waals surface area contributed by atoms with E-state index in [0.717, 1.165) is 45.4 Å². The molecule has 1 aliphatic heterocycles. The van der Waals surface area contributed by atoms with Gasteiger partial charge >= 0.3 is 0 Å². The van der Waals surface area contributed by atoms with Gasteiger partial charge in [0, 0.05) is 39.9 Å². The van der Waals surface area contributed by atoms with E-state index in [1.165, 1.54) is 4.90 Å². The molecule has 2 bridgehead atoms. The molecule has 158 valence electrons. The first-order valence-electron chi connectivity index (χ1n) is 10.2. The number of ether oxygens (including phenoxy) is 1. The van der Waals surface area contributed by atoms with Crippen LogP contribution in [0.4, 0.5) is 0 Å². The van der Waals surface area contributed by atoms with Crippen molar-refractivity contribution < 1.29 is 14.3 Å². The molecule has 8 heteroatoms. The van der Waals surface area contributed by atoms with E-state index in [4.69, 9.17) is 4.74 Å². The molecule has 1 saturated heterocycles. The summed E-state index contributed by atoms with van der Waals surface area (Å²) in [6, 6.07) is 0. The minimum atomic E-state index is -0.113. The van der Waals surface area contributed by atoms with Gasteiger partial charge in [-0.15, -0.1) is 24.0 Å². The Labute approximate surface area is 184 Å². The second kappa shape index (κ2) is 11.1. The largest absolute Gasteiger partial charge is 0.381 e. The molecule has 28 heavy (non-hydrogen) atoms. The number of amides is 2. The first-order valence-corrected chi connectivity index (χ1v) is 10.2. The maximum Gasteiger partial charge on any atom is 0.233 e. The number of unbranched alkanes of at least 4 members (excludes halogenated alkanes) is 1. The van der Waals surface area contributed by atoms with Crippen LogP contribution in [0.15, 0.2) is 17.1 Å². The molecule has 4 unspecified atom stereocenters. The first-order chi connectivity index (χ1) is 13.2. The van der Waals surface area contributed by atoms with Crippen molar-refractivity contribution in [2.24, 2.45) is 28.7 Å². The summed E-state index contributed by atoms with van der Waals surface area (Å²) in [5, 5.41) is 6.42. The molecule has 0 aromatic carbocycles. The van der Waals surface area contributed by atoms with E-state index in [1.807, 2.05) is 0 Å². The predicted molar refractivity (Wildman–Crippen MR) is 120 cm³/mol. The summed E-state index contributed by atoms with van der Waals surface area (Å²) in [6.45, 7) is 5.38. The van der Waals surface area contributed by atoms with Gasteiger partial charge in [-0.1, -0.05) is 25.5 Å². The highest BCUT2D eigenvalue weighted by molar-refractivity contribution is 14.0. The molecule has 4 atom stereocenters. The van der Waals surface area contributed by atoms with Crippen LogP contribution in [0.3, 0.4) is 0 Å². The van der Waals surface area contributed by atoms with E-state index in [9.17, 15) is 9.59 Å². The number of aliphatic imine (C=N–C) groups is 1. The molecule has 1 heterocycles. The summed E-state index contributed by atoms with van der Waals surface area (Å²) < 4.78 is 5.53. The maximum absolute atomic E-state index is 12.6. The molecule has 1 saturated carbocycles. The van der Waals surface area contributed by atoms with Gasteiger partial charge in [0.05, 0.1) is 11.8 Å². The number of nitrogens with zero attached hydrogens (tertiary/aromatic N) is 2. The second-order valence-corrected chi connectivity index (χ2v) is 7.57. The molecule has 3 rings (SSSR count). The number of hydrogen-bond donors (Lipinski definition) is 2. The topological polar surface area (TPSA) is 83.0 Å². The Morgan fingerprint density at radius 1 is 1.11 bits per heavy atom. The summed E-state index contributed by atoms with van der Waals surface area (Å²) in [7, 11) is 1.72. The number of carbonyl (C=O) groups excluding carboxylic acids is 2. The Morgan fingerprint density at radius 3 is 2.32 bits per heavy atom. The molecule has 0 aromatic rings. The fraction of sp³-hybridized carbons (Fsp3) is 0.750. The van der Waals surface area contributed by atoms with E-state index < -0.39 is 0 Å². The van der Waals surface area contributed by atoms with Crippen LogP contribution < -0.4 is 10.6 Å². The number of allylic oxidation sites excluding steroid dienone is 2. The summed E-state index contributed by atoms with van der Waals surface area (Å²) in [4.78, 5) is 30.9. The molecule has 0 radical (unpaired) electrons. The van der Waals surface area contributed by atoms with Gasteiger partial charge in [-0.3, -0.25) is 19.5 Å². The van der Waals surface area contributed by atoms with Gasteiger partial charge in [-0.25, -0.2) is 0 Å². The fourth-order valence-corrected chi connectivity index (χ4v) is 4.42. The van der Waals surface area contributed by atoms with Gasteiger partial charge in [0.2, 0.25) is 11.8 Å². The van der Waals surface area contributed by atoms with E-state index in [1.54, 1.807) is 7.05 Å². The molecule has 0 spiro atoms. The van der Waals surface area contributed by atoms with Crippen molar-refractivity contribution in [1.29, 1.82) is 0 Å². The highest BCUT2D eigenvalue weighted by Crippen LogP contribution is 2.52. The number of hydrogen-bond acceptors (Lipinski definition) is 4. The van der Waals surface area contributed by atoms with E-state index >= 15 is 0 Å². The molecule has 0 aromatic heterocycles. The Hall–Kier alpha value is -1.16. The molecule has 2 fully saturated rings. The number of carbonyl (C=O) groups is 2. The van der Waals surface area contributed by atoms with Crippen LogP contribution in [-0.2, 0) is 14.3 Å². The van der Waals surface area contributed by atoms with Crippen LogP contribution in [0.1, 0.15) is 32.6 Å². The van der Waals surface area contributed by atoms with Crippen LogP contribution in [-0.4, -0.2) is 62.6 Å². The summed E-state index contributed by atoms with van der Waals surface area (Å²) >= 11 is 0. The minimum Gasteiger partial charge on any atom is -0.381 e. The average molecular weight is 504 g/mol. The second-order valence-electron chi connectivity index (χ2n) is 7.57. The first kappa shape index (κ1) is 23.1. The predicted octanol–water partition coefficient (Wildman–Crippen LogP) is 1.78. The number of fused-ring (bicyclic) bond motifs is 5. The molecular formula is C20H33IN4O3. The zero-order chi connectivity index (χ0) is 19.2. The summed E-state index contributed by atoms with van der Waals surface area (Å²) in [6.07, 6.45) is 8.37. The van der Waals surface area contributed by atoms with Crippen molar-refractivity contribution in [3.63, 3.8) is 0 Å². The lowest BCUT2D eigenvalue weighted by Crippen LogP contribution is -2.44. The quantitative estimate of drug-likeness (QED) is 0.118. The van der Waals surface area contributed by atoms with Crippen molar-refractivity contribution in [1.82, 2.24) is 15.5 Å². The Balaban J connectivity index is 0.00000280. The van der Waals surface area contributed by atoms with E-state index in [-0.39, 0.29) is 59.5 Å². The normalized spacial score (nSPS) is 27.9. The standard InChI is InChI=1S/C20H32N4O3.HI/c1-3-4-11-27-12-5-8-22-20(21-2)23-9-10-24-18(25)16-14-6-7-15(13-14)17(16)19(24)26;/h6-7,14-17H,3-5,8-13H2,1-2H3,(H2,21,22,23);1H. The third kappa shape index (κ3) is 5.06. The molecule has 2 aliphatic carbocycles. The molecule has 2 N–H and O–H groups in total. The minimum absolute atomic E-state index is 0. The van der Waals surface area contributed by atoms with Crippen LogP contribution >= 0.6 is 24.0 Å². The Bertz CT molecular complexity index is 580. The average Bonchev–Trinajstić information content (AvgIpc) is 3.35. The van der Waals surface area contributed by atoms with Crippen LogP contribution in [0.2, 0.25) is 0 Å². The number of halogens is 1. The third-order valence-electron chi connectivity index (χ3n) is 5.81. The zero-order valence-corrected chi connectivity index (χ0v) is 19.2. The number of nitrogens with one attached hydrogen (secondary N) is 2. The number of imide groups is 1. The lowest BCUT2D eigenvalue weighted by atomic mass is 9.85. The van der Waals surface area contributed by atoms with Gasteiger partial charge < -0.3 is 15.4 Å². The van der Waals surface area contributed by atoms with Crippen LogP contribution in [0.5, 0.6) is 0 Å². The van der Waals surface area contributed by atoms with Crippen molar-refractivity contribution in [3.05, 3.63) is 12.2 Å². The van der Waals surface area contributed by atoms with Gasteiger partial charge in [0.1, 0.15) is 0 Å². The van der Waals surface area contributed by atoms with E-state index in [0.29, 0.717) is 19.0 Å². The molecule has 2 amide bonds. The smallest absolute Gasteiger partial charge is 0.233 e. The fourth-order valence-electron chi connectivity index (χ4n) is 4.42. The molecular weight excluding hydrogens is 471 g/mol.